The van der Waals surface area contributed by atoms with Crippen molar-refractivity contribution in [1.82, 2.24) is 10.6 Å². The lowest BCUT2D eigenvalue weighted by Crippen LogP contribution is -2.66. The molecule has 7 nitrogen and oxygen atoms in total. The number of carboxylic acids is 1. The van der Waals surface area contributed by atoms with E-state index in [2.05, 4.69) is 16.4 Å². The normalized spacial score (nSPS) is 11.6. The lowest BCUT2D eigenvalue weighted by atomic mass is 10.3. The van der Waals surface area contributed by atoms with Gasteiger partial charge in [0.15, 0.2) is 6.04 Å². The van der Waals surface area contributed by atoms with Crippen molar-refractivity contribution in [1.29, 1.82) is 0 Å². The number of carboxylic acid groups (broad SMARTS) is 1. The van der Waals surface area contributed by atoms with Crippen LogP contribution in [0.25, 0.3) is 0 Å². The van der Waals surface area contributed by atoms with Crippen molar-refractivity contribution in [3.05, 3.63) is 0 Å². The molecule has 0 saturated carbocycles. The quantitative estimate of drug-likeness (QED) is 0.379. The zero-order valence-corrected chi connectivity index (χ0v) is 7.87. The largest absolute Gasteiger partial charge is 0.480 e. The van der Waals surface area contributed by atoms with Gasteiger partial charge in [-0.3, -0.25) is 14.4 Å². The van der Waals surface area contributed by atoms with E-state index in [1.165, 1.54) is 0 Å². The van der Waals surface area contributed by atoms with Gasteiger partial charge < -0.3 is 21.5 Å². The van der Waals surface area contributed by atoms with Gasteiger partial charge in [-0.05, 0) is 6.92 Å². The standard InChI is InChI=1S/C7H13N3O4/c1-4(8)7(14)10-2-5(11)9-3-6(12)13/h4H,2-3,8H2,1H3,(H,9,11)(H,10,14)(H,12,13)/p+1. The molecule has 0 rings (SSSR count). The van der Waals surface area contributed by atoms with Crippen molar-refractivity contribution in [2.45, 2.75) is 13.0 Å². The molecular formula is C7H14N3O4+. The van der Waals surface area contributed by atoms with Crippen molar-refractivity contribution in [2.24, 2.45) is 0 Å². The number of amides is 2. The highest BCUT2D eigenvalue weighted by atomic mass is 16.4. The van der Waals surface area contributed by atoms with Gasteiger partial charge in [-0.25, -0.2) is 0 Å². The van der Waals surface area contributed by atoms with Crippen LogP contribution in [0.2, 0.25) is 0 Å². The van der Waals surface area contributed by atoms with Gasteiger partial charge in [0, 0.05) is 0 Å². The molecule has 0 saturated heterocycles. The molecule has 2 amide bonds. The summed E-state index contributed by atoms with van der Waals surface area (Å²) in [5.74, 6) is -2.02. The third-order valence-electron chi connectivity index (χ3n) is 1.31. The Bertz CT molecular complexity index is 239. The van der Waals surface area contributed by atoms with E-state index in [9.17, 15) is 14.4 Å². The minimum atomic E-state index is -1.13. The van der Waals surface area contributed by atoms with Gasteiger partial charge in [-0.1, -0.05) is 0 Å². The Balaban J connectivity index is 3.64. The molecular weight excluding hydrogens is 190 g/mol. The Morgan fingerprint density at radius 3 is 2.29 bits per heavy atom. The number of aliphatic carboxylic acids is 1. The van der Waals surface area contributed by atoms with E-state index in [1.54, 1.807) is 6.92 Å². The highest BCUT2D eigenvalue weighted by Crippen LogP contribution is 1.72. The summed E-state index contributed by atoms with van der Waals surface area (Å²) < 4.78 is 0. The van der Waals surface area contributed by atoms with Crippen LogP contribution in [0.5, 0.6) is 0 Å². The van der Waals surface area contributed by atoms with E-state index < -0.39 is 24.5 Å². The van der Waals surface area contributed by atoms with Crippen LogP contribution < -0.4 is 16.4 Å². The van der Waals surface area contributed by atoms with Crippen LogP contribution >= 0.6 is 0 Å². The predicted octanol–water partition coefficient (Wildman–Crippen LogP) is -3.07. The molecule has 0 spiro atoms. The maximum absolute atomic E-state index is 10.9. The van der Waals surface area contributed by atoms with Crippen LogP contribution in [0, 0.1) is 0 Å². The summed E-state index contributed by atoms with van der Waals surface area (Å²) in [4.78, 5) is 31.8. The van der Waals surface area contributed by atoms with Crippen LogP contribution in [0.15, 0.2) is 0 Å². The average molecular weight is 204 g/mol. The fourth-order valence-corrected chi connectivity index (χ4v) is 0.578. The lowest BCUT2D eigenvalue weighted by Gasteiger charge is -2.05. The van der Waals surface area contributed by atoms with E-state index in [0.29, 0.717) is 0 Å². The van der Waals surface area contributed by atoms with E-state index >= 15 is 0 Å². The van der Waals surface area contributed by atoms with Crippen LogP contribution in [0.1, 0.15) is 6.92 Å². The second-order valence-corrected chi connectivity index (χ2v) is 2.79. The molecule has 0 aliphatic heterocycles. The Labute approximate surface area is 80.6 Å². The molecule has 1 atom stereocenters. The first-order chi connectivity index (χ1) is 6.43. The monoisotopic (exact) mass is 204 g/mol. The van der Waals surface area contributed by atoms with Crippen molar-refractivity contribution in [3.63, 3.8) is 0 Å². The summed E-state index contributed by atoms with van der Waals surface area (Å²) >= 11 is 0. The minimum Gasteiger partial charge on any atom is -0.480 e. The summed E-state index contributed by atoms with van der Waals surface area (Å²) in [6, 6.07) is -0.442. The van der Waals surface area contributed by atoms with Gasteiger partial charge in [-0.15, -0.1) is 0 Å². The number of hydrogen-bond donors (Lipinski definition) is 4. The van der Waals surface area contributed by atoms with E-state index in [1.807, 2.05) is 0 Å². The SMILES string of the molecule is CC([NH3+])C(=O)NCC(=O)NCC(=O)O. The summed E-state index contributed by atoms with van der Waals surface area (Å²) in [6.07, 6.45) is 0. The van der Waals surface area contributed by atoms with E-state index in [0.717, 1.165) is 0 Å². The van der Waals surface area contributed by atoms with Crippen LogP contribution in [0.4, 0.5) is 0 Å². The highest BCUT2D eigenvalue weighted by molar-refractivity contribution is 5.87. The fraction of sp³-hybridized carbons (Fsp3) is 0.571. The number of nitrogens with one attached hydrogen (secondary N) is 2. The summed E-state index contributed by atoms with van der Waals surface area (Å²) in [7, 11) is 0. The minimum absolute atomic E-state index is 0.230. The Morgan fingerprint density at radius 1 is 1.29 bits per heavy atom. The fourth-order valence-electron chi connectivity index (χ4n) is 0.578. The van der Waals surface area contributed by atoms with Gasteiger partial charge in [0.2, 0.25) is 5.91 Å². The Kier molecular flexibility index (Phi) is 5.23. The zero-order chi connectivity index (χ0) is 11.1. The molecule has 6 N–H and O–H groups in total. The molecule has 0 heterocycles. The number of quaternary nitrogens is 1. The van der Waals surface area contributed by atoms with Crippen LogP contribution in [-0.4, -0.2) is 42.0 Å². The number of rotatable bonds is 5. The molecule has 1 unspecified atom stereocenters. The molecule has 14 heavy (non-hydrogen) atoms. The third-order valence-corrected chi connectivity index (χ3v) is 1.31. The topological polar surface area (TPSA) is 123 Å². The van der Waals surface area contributed by atoms with Crippen molar-refractivity contribution < 1.29 is 25.2 Å². The molecule has 0 radical (unpaired) electrons. The second kappa shape index (κ2) is 5.92. The maximum Gasteiger partial charge on any atom is 0.322 e. The summed E-state index contributed by atoms with van der Waals surface area (Å²) in [6.45, 7) is 0.908. The number of carbonyl (C=O) groups excluding carboxylic acids is 2. The van der Waals surface area contributed by atoms with E-state index in [4.69, 9.17) is 5.11 Å². The molecule has 0 aromatic carbocycles. The first-order valence-electron chi connectivity index (χ1n) is 4.02. The molecule has 7 heteroatoms. The predicted molar refractivity (Wildman–Crippen MR) is 46.0 cm³/mol. The van der Waals surface area contributed by atoms with Gasteiger partial charge >= 0.3 is 5.97 Å². The van der Waals surface area contributed by atoms with Gasteiger partial charge in [0.25, 0.3) is 5.91 Å². The molecule has 0 bridgehead atoms. The molecule has 0 fully saturated rings. The van der Waals surface area contributed by atoms with Crippen LogP contribution in [0.3, 0.4) is 0 Å². The molecule has 0 aliphatic rings. The maximum atomic E-state index is 10.9. The second-order valence-electron chi connectivity index (χ2n) is 2.79. The van der Waals surface area contributed by atoms with E-state index in [-0.39, 0.29) is 12.5 Å². The lowest BCUT2D eigenvalue weighted by molar-refractivity contribution is -0.398. The zero-order valence-electron chi connectivity index (χ0n) is 7.87. The third kappa shape index (κ3) is 5.95. The first-order valence-corrected chi connectivity index (χ1v) is 4.02. The van der Waals surface area contributed by atoms with Crippen LogP contribution in [-0.2, 0) is 14.4 Å². The van der Waals surface area contributed by atoms with Crippen molar-refractivity contribution in [3.8, 4) is 0 Å². The molecule has 0 aromatic heterocycles. The first kappa shape index (κ1) is 12.4. The Hall–Kier alpha value is -1.63. The Morgan fingerprint density at radius 2 is 1.86 bits per heavy atom. The average Bonchev–Trinajstić information content (AvgIpc) is 2.10. The van der Waals surface area contributed by atoms with Crippen molar-refractivity contribution >= 4 is 17.8 Å². The number of hydrogen-bond acceptors (Lipinski definition) is 3. The molecule has 0 aliphatic carbocycles. The summed E-state index contributed by atoms with van der Waals surface area (Å²) in [5.41, 5.74) is 3.45. The molecule has 0 aromatic rings. The van der Waals surface area contributed by atoms with Crippen molar-refractivity contribution in [2.75, 3.05) is 13.1 Å². The summed E-state index contributed by atoms with van der Waals surface area (Å²) in [5, 5.41) is 12.6. The van der Waals surface area contributed by atoms with Gasteiger partial charge in [0.05, 0.1) is 6.54 Å². The van der Waals surface area contributed by atoms with Gasteiger partial charge in [-0.2, -0.15) is 0 Å². The number of carbonyl (C=O) groups is 3. The smallest absolute Gasteiger partial charge is 0.322 e. The van der Waals surface area contributed by atoms with Gasteiger partial charge in [0.1, 0.15) is 6.54 Å². The highest BCUT2D eigenvalue weighted by Gasteiger charge is 2.11. The molecule has 80 valence electrons.